The number of aliphatic hydroxyl groups excluding tert-OH is 1. The number of pyridine rings is 1. The molecule has 2 N–H and O–H groups in total. The highest BCUT2D eigenvalue weighted by atomic mass is 19.4. The van der Waals surface area contributed by atoms with Gasteiger partial charge >= 0.3 is 6.18 Å². The van der Waals surface area contributed by atoms with Gasteiger partial charge in [-0.25, -0.2) is 4.98 Å². The van der Waals surface area contributed by atoms with Gasteiger partial charge in [0.25, 0.3) is 5.91 Å². The number of rotatable bonds is 5. The number of nitrogens with zero attached hydrogens (tertiary/aromatic N) is 5. The first-order valence-electron chi connectivity index (χ1n) is 9.36. The molecule has 0 aliphatic carbocycles. The SMILES string of the molecule is Cn1cc(-c2cc(C(=O)Nc3ccnc(C(F)(F)F)c3)cc(-n3cncc3CO)c2)cn1. The fourth-order valence-corrected chi connectivity index (χ4v) is 3.16. The van der Waals surface area contributed by atoms with Crippen molar-refractivity contribution in [2.24, 2.45) is 7.05 Å². The van der Waals surface area contributed by atoms with Gasteiger partial charge in [0.05, 0.1) is 31.0 Å². The van der Waals surface area contributed by atoms with Crippen LogP contribution in [-0.4, -0.2) is 35.3 Å². The predicted molar refractivity (Wildman–Crippen MR) is 109 cm³/mol. The summed E-state index contributed by atoms with van der Waals surface area (Å²) in [5.41, 5.74) is 1.49. The van der Waals surface area contributed by atoms with Gasteiger partial charge in [-0.1, -0.05) is 0 Å². The van der Waals surface area contributed by atoms with Crippen molar-refractivity contribution in [3.8, 4) is 16.8 Å². The smallest absolute Gasteiger partial charge is 0.390 e. The maximum atomic E-state index is 12.9. The Balaban J connectivity index is 1.74. The number of carbonyl (C=O) groups excluding carboxylic acids is 1. The van der Waals surface area contributed by atoms with Gasteiger partial charge in [0, 0.05) is 41.9 Å². The van der Waals surface area contributed by atoms with Gasteiger partial charge in [-0.3, -0.25) is 14.5 Å². The van der Waals surface area contributed by atoms with Crippen molar-refractivity contribution in [1.82, 2.24) is 24.3 Å². The summed E-state index contributed by atoms with van der Waals surface area (Å²) in [5, 5.41) is 16.2. The molecule has 32 heavy (non-hydrogen) atoms. The molecule has 4 aromatic rings. The third kappa shape index (κ3) is 4.37. The Bertz CT molecular complexity index is 1280. The van der Waals surface area contributed by atoms with Gasteiger partial charge in [-0.15, -0.1) is 0 Å². The average molecular weight is 442 g/mol. The monoisotopic (exact) mass is 442 g/mol. The molecular weight excluding hydrogens is 425 g/mol. The van der Waals surface area contributed by atoms with Crippen molar-refractivity contribution in [3.05, 3.63) is 78.4 Å². The number of aromatic nitrogens is 5. The zero-order chi connectivity index (χ0) is 22.9. The van der Waals surface area contributed by atoms with Crippen LogP contribution in [0.2, 0.25) is 0 Å². The van der Waals surface area contributed by atoms with Gasteiger partial charge in [-0.05, 0) is 35.9 Å². The fourth-order valence-electron chi connectivity index (χ4n) is 3.16. The van der Waals surface area contributed by atoms with Crippen molar-refractivity contribution < 1.29 is 23.1 Å². The van der Waals surface area contributed by atoms with E-state index in [0.717, 1.165) is 17.8 Å². The van der Waals surface area contributed by atoms with Crippen LogP contribution >= 0.6 is 0 Å². The van der Waals surface area contributed by atoms with Gasteiger partial charge in [0.2, 0.25) is 0 Å². The van der Waals surface area contributed by atoms with E-state index in [9.17, 15) is 23.1 Å². The van der Waals surface area contributed by atoms with Crippen molar-refractivity contribution in [2.45, 2.75) is 12.8 Å². The largest absolute Gasteiger partial charge is 0.433 e. The second kappa shape index (κ2) is 8.27. The minimum Gasteiger partial charge on any atom is -0.390 e. The number of hydrogen-bond acceptors (Lipinski definition) is 5. The van der Waals surface area contributed by atoms with Crippen LogP contribution < -0.4 is 5.32 Å². The lowest BCUT2D eigenvalue weighted by Crippen LogP contribution is -2.14. The highest BCUT2D eigenvalue weighted by Crippen LogP contribution is 2.29. The number of halogens is 3. The maximum absolute atomic E-state index is 12.9. The molecule has 0 unspecified atom stereocenters. The number of carbonyl (C=O) groups is 1. The number of aliphatic hydroxyl groups is 1. The van der Waals surface area contributed by atoms with E-state index in [-0.39, 0.29) is 17.9 Å². The molecule has 0 saturated heterocycles. The van der Waals surface area contributed by atoms with E-state index in [1.165, 1.54) is 18.6 Å². The fraction of sp³-hybridized carbons (Fsp3) is 0.143. The Hall–Kier alpha value is -3.99. The number of amides is 1. The van der Waals surface area contributed by atoms with Gasteiger partial charge in [0.1, 0.15) is 5.69 Å². The van der Waals surface area contributed by atoms with Gasteiger partial charge in [0.15, 0.2) is 0 Å². The molecule has 1 aromatic carbocycles. The van der Waals surface area contributed by atoms with Crippen LogP contribution in [0.4, 0.5) is 18.9 Å². The zero-order valence-electron chi connectivity index (χ0n) is 16.7. The number of nitrogens with one attached hydrogen (secondary N) is 1. The summed E-state index contributed by atoms with van der Waals surface area (Å²) in [6.07, 6.45) is 2.73. The number of imidazole rings is 1. The number of aryl methyl sites for hydroxylation is 1. The Morgan fingerprint density at radius 2 is 1.97 bits per heavy atom. The molecule has 1 amide bonds. The maximum Gasteiger partial charge on any atom is 0.433 e. The first kappa shape index (κ1) is 21.2. The van der Waals surface area contributed by atoms with E-state index in [1.807, 2.05) is 0 Å². The molecule has 4 rings (SSSR count). The van der Waals surface area contributed by atoms with E-state index >= 15 is 0 Å². The Morgan fingerprint density at radius 3 is 2.66 bits per heavy atom. The van der Waals surface area contributed by atoms with Gasteiger partial charge in [-0.2, -0.15) is 18.3 Å². The Labute approximate surface area is 180 Å². The second-order valence-corrected chi connectivity index (χ2v) is 6.97. The van der Waals surface area contributed by atoms with Gasteiger partial charge < -0.3 is 15.0 Å². The van der Waals surface area contributed by atoms with Crippen LogP contribution in [0.3, 0.4) is 0 Å². The van der Waals surface area contributed by atoms with Crippen molar-refractivity contribution >= 4 is 11.6 Å². The van der Waals surface area contributed by atoms with Crippen molar-refractivity contribution in [1.29, 1.82) is 0 Å². The quantitative estimate of drug-likeness (QED) is 0.494. The normalized spacial score (nSPS) is 11.5. The molecule has 0 fully saturated rings. The van der Waals surface area contributed by atoms with E-state index in [2.05, 4.69) is 20.4 Å². The molecule has 0 aliphatic rings. The summed E-state index contributed by atoms with van der Waals surface area (Å²) in [6, 6.07) is 7.00. The highest BCUT2D eigenvalue weighted by molar-refractivity contribution is 6.05. The minimum absolute atomic E-state index is 0.0377. The standard InChI is InChI=1S/C21H17F3N6O2/c1-29-10-15(8-27-29)13-4-14(6-17(5-13)30-12-25-9-18(30)11-31)20(32)28-16-2-3-26-19(7-16)21(22,23)24/h2-10,12,31H,11H2,1H3,(H,26,28,32). The number of hydrogen-bond donors (Lipinski definition) is 2. The number of alkyl halides is 3. The molecule has 8 nitrogen and oxygen atoms in total. The summed E-state index contributed by atoms with van der Waals surface area (Å²) < 4.78 is 42.0. The zero-order valence-corrected chi connectivity index (χ0v) is 16.7. The predicted octanol–water partition coefficient (Wildman–Crippen LogP) is 3.43. The van der Waals surface area contributed by atoms with Crippen LogP contribution in [0.15, 0.2) is 61.4 Å². The molecule has 0 saturated carbocycles. The van der Waals surface area contributed by atoms with Crippen LogP contribution in [0.5, 0.6) is 0 Å². The van der Waals surface area contributed by atoms with Crippen molar-refractivity contribution in [3.63, 3.8) is 0 Å². The molecule has 3 aromatic heterocycles. The molecular formula is C21H17F3N6O2. The highest BCUT2D eigenvalue weighted by Gasteiger charge is 2.32. The third-order valence-electron chi connectivity index (χ3n) is 4.68. The Kier molecular flexibility index (Phi) is 5.49. The molecule has 0 atom stereocenters. The molecule has 0 radical (unpaired) electrons. The number of benzene rings is 1. The summed E-state index contributed by atoms with van der Waals surface area (Å²) in [4.78, 5) is 20.2. The molecule has 11 heteroatoms. The van der Waals surface area contributed by atoms with E-state index in [4.69, 9.17) is 0 Å². The topological polar surface area (TPSA) is 97.9 Å². The van der Waals surface area contributed by atoms with Crippen LogP contribution in [0, 0.1) is 0 Å². The summed E-state index contributed by atoms with van der Waals surface area (Å²) in [7, 11) is 1.75. The molecule has 0 spiro atoms. The summed E-state index contributed by atoms with van der Waals surface area (Å²) in [6.45, 7) is -0.268. The van der Waals surface area contributed by atoms with Crippen LogP contribution in [0.25, 0.3) is 16.8 Å². The average Bonchev–Trinajstić information content (AvgIpc) is 3.42. The van der Waals surface area contributed by atoms with E-state index in [0.29, 0.717) is 16.9 Å². The van der Waals surface area contributed by atoms with Crippen molar-refractivity contribution in [2.75, 3.05) is 5.32 Å². The van der Waals surface area contributed by atoms with E-state index in [1.54, 1.807) is 46.9 Å². The Morgan fingerprint density at radius 1 is 1.16 bits per heavy atom. The molecule has 0 bridgehead atoms. The van der Waals surface area contributed by atoms with E-state index < -0.39 is 17.8 Å². The van der Waals surface area contributed by atoms with Crippen LogP contribution in [0.1, 0.15) is 21.7 Å². The third-order valence-corrected chi connectivity index (χ3v) is 4.68. The molecule has 0 aliphatic heterocycles. The first-order valence-corrected chi connectivity index (χ1v) is 9.36. The molecule has 164 valence electrons. The first-order chi connectivity index (χ1) is 15.2. The second-order valence-electron chi connectivity index (χ2n) is 6.97. The van der Waals surface area contributed by atoms with Crippen LogP contribution in [-0.2, 0) is 19.8 Å². The lowest BCUT2D eigenvalue weighted by molar-refractivity contribution is -0.141. The lowest BCUT2D eigenvalue weighted by atomic mass is 10.0. The summed E-state index contributed by atoms with van der Waals surface area (Å²) in [5.74, 6) is -0.609. The summed E-state index contributed by atoms with van der Waals surface area (Å²) >= 11 is 0. The molecule has 3 heterocycles. The minimum atomic E-state index is -4.63. The number of anilines is 1. The lowest BCUT2D eigenvalue weighted by Gasteiger charge is -2.13.